The number of ether oxygens (including phenoxy) is 1. The van der Waals surface area contributed by atoms with Crippen molar-refractivity contribution in [3.8, 4) is 5.75 Å². The van der Waals surface area contributed by atoms with Crippen molar-refractivity contribution >= 4 is 63.5 Å². The molecule has 8 heteroatoms. The third-order valence-electron chi connectivity index (χ3n) is 4.00. The highest BCUT2D eigenvalue weighted by Gasteiger charge is 2.32. The number of halogens is 1. The van der Waals surface area contributed by atoms with Gasteiger partial charge >= 0.3 is 0 Å². The molecule has 1 N–H and O–H groups in total. The van der Waals surface area contributed by atoms with Crippen molar-refractivity contribution in [3.05, 3.63) is 64.0 Å². The second-order valence-corrected chi connectivity index (χ2v) is 7.96. The number of thioether (sulfide) groups is 1. The quantitative estimate of drug-likeness (QED) is 0.535. The molecule has 1 aliphatic heterocycles. The van der Waals surface area contributed by atoms with Crippen molar-refractivity contribution < 1.29 is 14.3 Å². The van der Waals surface area contributed by atoms with Gasteiger partial charge in [0, 0.05) is 23.7 Å². The van der Waals surface area contributed by atoms with E-state index in [1.54, 1.807) is 43.5 Å². The van der Waals surface area contributed by atoms with Gasteiger partial charge in [-0.25, -0.2) is 0 Å². The van der Waals surface area contributed by atoms with E-state index in [0.717, 1.165) is 5.56 Å². The summed E-state index contributed by atoms with van der Waals surface area (Å²) >= 11 is 12.7. The zero-order valence-electron chi connectivity index (χ0n) is 15.0. The van der Waals surface area contributed by atoms with Gasteiger partial charge < -0.3 is 10.1 Å². The molecule has 28 heavy (non-hydrogen) atoms. The van der Waals surface area contributed by atoms with Gasteiger partial charge in [0.05, 0.1) is 12.0 Å². The van der Waals surface area contributed by atoms with E-state index >= 15 is 0 Å². The molecule has 1 fully saturated rings. The Morgan fingerprint density at radius 2 is 1.96 bits per heavy atom. The highest BCUT2D eigenvalue weighted by Crippen LogP contribution is 2.33. The average Bonchev–Trinajstić information content (AvgIpc) is 2.95. The van der Waals surface area contributed by atoms with E-state index in [1.807, 2.05) is 18.2 Å². The highest BCUT2D eigenvalue weighted by atomic mass is 35.5. The van der Waals surface area contributed by atoms with Crippen LogP contribution in [-0.2, 0) is 9.59 Å². The first-order valence-corrected chi connectivity index (χ1v) is 10.0. The molecule has 1 heterocycles. The Bertz CT molecular complexity index is 945. The normalized spacial score (nSPS) is 15.2. The second-order valence-electron chi connectivity index (χ2n) is 5.88. The van der Waals surface area contributed by atoms with Crippen LogP contribution in [0.3, 0.4) is 0 Å². The molecule has 0 aromatic heterocycles. The summed E-state index contributed by atoms with van der Waals surface area (Å²) in [5.74, 6) is 0.294. The van der Waals surface area contributed by atoms with Gasteiger partial charge in [-0.1, -0.05) is 53.8 Å². The number of anilines is 1. The van der Waals surface area contributed by atoms with Gasteiger partial charge in [-0.05, 0) is 42.0 Å². The molecule has 3 rings (SSSR count). The first kappa shape index (κ1) is 20.4. The van der Waals surface area contributed by atoms with E-state index in [2.05, 4.69) is 5.32 Å². The number of amides is 2. The van der Waals surface area contributed by atoms with Crippen LogP contribution in [-0.4, -0.2) is 34.7 Å². The number of carbonyl (C=O) groups is 2. The average molecular weight is 433 g/mol. The minimum Gasteiger partial charge on any atom is -0.497 e. The summed E-state index contributed by atoms with van der Waals surface area (Å²) in [6.07, 6.45) is 1.86. The van der Waals surface area contributed by atoms with E-state index in [4.69, 9.17) is 28.6 Å². The van der Waals surface area contributed by atoms with Crippen molar-refractivity contribution in [2.45, 2.75) is 6.42 Å². The predicted molar refractivity (Wildman–Crippen MR) is 118 cm³/mol. The van der Waals surface area contributed by atoms with E-state index in [1.165, 1.54) is 16.7 Å². The zero-order valence-corrected chi connectivity index (χ0v) is 17.4. The van der Waals surface area contributed by atoms with Crippen LogP contribution in [0.2, 0.25) is 5.02 Å². The molecule has 1 aliphatic rings. The molecular weight excluding hydrogens is 416 g/mol. The van der Waals surface area contributed by atoms with E-state index < -0.39 is 0 Å². The smallest absolute Gasteiger partial charge is 0.266 e. The van der Waals surface area contributed by atoms with E-state index in [9.17, 15) is 9.59 Å². The van der Waals surface area contributed by atoms with Gasteiger partial charge in [0.15, 0.2) is 0 Å². The van der Waals surface area contributed by atoms with Gasteiger partial charge in [-0.3, -0.25) is 14.5 Å². The summed E-state index contributed by atoms with van der Waals surface area (Å²) in [6, 6.07) is 14.3. The molecule has 0 radical (unpaired) electrons. The third-order valence-corrected chi connectivity index (χ3v) is 5.72. The number of nitrogens with zero attached hydrogens (tertiary/aromatic N) is 1. The topological polar surface area (TPSA) is 58.6 Å². The lowest BCUT2D eigenvalue weighted by Crippen LogP contribution is -2.31. The van der Waals surface area contributed by atoms with Crippen molar-refractivity contribution in [1.29, 1.82) is 0 Å². The predicted octanol–water partition coefficient (Wildman–Crippen LogP) is 4.58. The molecule has 0 bridgehead atoms. The van der Waals surface area contributed by atoms with Crippen molar-refractivity contribution in [2.24, 2.45) is 0 Å². The Morgan fingerprint density at radius 3 is 2.64 bits per heavy atom. The highest BCUT2D eigenvalue weighted by molar-refractivity contribution is 8.26. The van der Waals surface area contributed by atoms with Crippen LogP contribution in [0.1, 0.15) is 12.0 Å². The summed E-state index contributed by atoms with van der Waals surface area (Å²) in [5.41, 5.74) is 1.41. The number of nitrogens with one attached hydrogen (secondary N) is 1. The van der Waals surface area contributed by atoms with Gasteiger partial charge in [-0.2, -0.15) is 0 Å². The number of thiocarbonyl (C=S) groups is 1. The molecule has 0 spiro atoms. The minimum atomic E-state index is -0.216. The molecule has 2 amide bonds. The maximum Gasteiger partial charge on any atom is 0.266 e. The number of carbonyl (C=O) groups excluding carboxylic acids is 2. The molecule has 0 atom stereocenters. The Morgan fingerprint density at radius 1 is 1.25 bits per heavy atom. The number of hydrogen-bond donors (Lipinski definition) is 1. The Labute approximate surface area is 177 Å². The fourth-order valence-corrected chi connectivity index (χ4v) is 4.03. The van der Waals surface area contributed by atoms with Crippen LogP contribution >= 0.6 is 35.6 Å². The standard InChI is InChI=1S/C20H17ClN2O3S2/c1-26-15-8-6-14(7-9-15)22-18(24)10-11-23-19(25)17(28-20(23)27)12-13-4-2-3-5-16(13)21/h2-9,12H,10-11H2,1H3,(H,22,24)/b17-12+. The van der Waals surface area contributed by atoms with Gasteiger partial charge in [0.1, 0.15) is 10.1 Å². The van der Waals surface area contributed by atoms with Crippen LogP contribution in [0.15, 0.2) is 53.4 Å². The fraction of sp³-hybridized carbons (Fsp3) is 0.150. The first-order chi connectivity index (χ1) is 13.5. The zero-order chi connectivity index (χ0) is 20.1. The number of rotatable bonds is 6. The van der Waals surface area contributed by atoms with Gasteiger partial charge in [-0.15, -0.1) is 0 Å². The molecule has 0 unspecified atom stereocenters. The van der Waals surface area contributed by atoms with Crippen LogP contribution in [0.25, 0.3) is 6.08 Å². The molecule has 0 saturated carbocycles. The molecule has 1 saturated heterocycles. The maximum atomic E-state index is 12.6. The summed E-state index contributed by atoms with van der Waals surface area (Å²) in [5, 5.41) is 3.35. The molecule has 2 aromatic rings. The Hall–Kier alpha value is -2.35. The number of methoxy groups -OCH3 is 1. The fourth-order valence-electron chi connectivity index (χ4n) is 2.54. The van der Waals surface area contributed by atoms with E-state index in [-0.39, 0.29) is 24.8 Å². The summed E-state index contributed by atoms with van der Waals surface area (Å²) in [4.78, 5) is 26.8. The number of benzene rings is 2. The lowest BCUT2D eigenvalue weighted by atomic mass is 10.2. The monoisotopic (exact) mass is 432 g/mol. The van der Waals surface area contributed by atoms with Crippen LogP contribution in [0, 0.1) is 0 Å². The maximum absolute atomic E-state index is 12.6. The Kier molecular flexibility index (Phi) is 6.72. The molecule has 2 aromatic carbocycles. The lowest BCUT2D eigenvalue weighted by Gasteiger charge is -2.14. The molecule has 5 nitrogen and oxygen atoms in total. The third kappa shape index (κ3) is 4.92. The van der Waals surface area contributed by atoms with Gasteiger partial charge in [0.2, 0.25) is 5.91 Å². The van der Waals surface area contributed by atoms with Crippen LogP contribution in [0.5, 0.6) is 5.75 Å². The van der Waals surface area contributed by atoms with Crippen molar-refractivity contribution in [3.63, 3.8) is 0 Å². The number of hydrogen-bond acceptors (Lipinski definition) is 5. The first-order valence-electron chi connectivity index (χ1n) is 8.42. The molecule has 0 aliphatic carbocycles. The molecule has 144 valence electrons. The SMILES string of the molecule is COc1ccc(NC(=O)CCN2C(=O)/C(=C\c3ccccc3Cl)SC2=S)cc1. The molecular formula is C20H17ClN2O3S2. The summed E-state index contributed by atoms with van der Waals surface area (Å²) < 4.78 is 5.52. The lowest BCUT2D eigenvalue weighted by molar-refractivity contribution is -0.122. The summed E-state index contributed by atoms with van der Waals surface area (Å²) in [7, 11) is 1.58. The Balaban J connectivity index is 1.59. The summed E-state index contributed by atoms with van der Waals surface area (Å²) in [6.45, 7) is 0.215. The van der Waals surface area contributed by atoms with Crippen molar-refractivity contribution in [2.75, 3.05) is 19.0 Å². The van der Waals surface area contributed by atoms with E-state index in [0.29, 0.717) is 25.7 Å². The second kappa shape index (κ2) is 9.23. The van der Waals surface area contributed by atoms with Crippen LogP contribution < -0.4 is 10.1 Å². The largest absolute Gasteiger partial charge is 0.497 e. The minimum absolute atomic E-state index is 0.137. The van der Waals surface area contributed by atoms with Crippen molar-refractivity contribution in [1.82, 2.24) is 4.90 Å². The van der Waals surface area contributed by atoms with Crippen LogP contribution in [0.4, 0.5) is 5.69 Å². The van der Waals surface area contributed by atoms with Gasteiger partial charge in [0.25, 0.3) is 5.91 Å².